The maximum Gasteiger partial charge on any atom is 0.573 e. The van der Waals surface area contributed by atoms with E-state index in [1.165, 1.54) is 41.3 Å². The van der Waals surface area contributed by atoms with Gasteiger partial charge in [-0.2, -0.15) is 0 Å². The summed E-state index contributed by atoms with van der Waals surface area (Å²) in [5.41, 5.74) is 0.665. The molecule has 0 radical (unpaired) electrons. The van der Waals surface area contributed by atoms with Crippen molar-refractivity contribution in [1.82, 2.24) is 4.90 Å². The number of nitrogens with zero attached hydrogens (tertiary/aromatic N) is 1. The zero-order chi connectivity index (χ0) is 21.0. The van der Waals surface area contributed by atoms with E-state index in [1.807, 2.05) is 0 Å². The Kier molecular flexibility index (Phi) is 5.90. The Bertz CT molecular complexity index is 870. The molecule has 1 aliphatic heterocycles. The molecule has 1 fully saturated rings. The molecule has 1 unspecified atom stereocenters. The van der Waals surface area contributed by atoms with Gasteiger partial charge in [0.1, 0.15) is 17.6 Å². The number of carbonyl (C=O) groups excluding carboxylic acids is 2. The molecule has 2 N–H and O–H groups in total. The minimum absolute atomic E-state index is 0.273. The second-order valence-electron chi connectivity index (χ2n) is 6.35. The Hall–Kier alpha value is -3.30. The van der Waals surface area contributed by atoms with Crippen LogP contribution >= 0.6 is 0 Å². The van der Waals surface area contributed by atoms with Gasteiger partial charge in [0.15, 0.2) is 0 Å². The highest BCUT2D eigenvalue weighted by Gasteiger charge is 2.34. The first kappa shape index (κ1) is 20.4. The summed E-state index contributed by atoms with van der Waals surface area (Å²) in [5.74, 6) is -1.30. The van der Waals surface area contributed by atoms with E-state index in [-0.39, 0.29) is 5.69 Å². The number of likely N-dealkylation sites (tertiary alicyclic amines) is 1. The Morgan fingerprint density at radius 1 is 0.966 bits per heavy atom. The fourth-order valence-corrected chi connectivity index (χ4v) is 2.98. The molecule has 0 saturated carbocycles. The highest BCUT2D eigenvalue weighted by atomic mass is 19.4. The van der Waals surface area contributed by atoms with Crippen molar-refractivity contribution in [3.63, 3.8) is 0 Å². The molecule has 3 amide bonds. The number of ether oxygens (including phenoxy) is 1. The number of hydrogen-bond acceptors (Lipinski definition) is 3. The van der Waals surface area contributed by atoms with E-state index in [0.29, 0.717) is 25.1 Å². The van der Waals surface area contributed by atoms with Gasteiger partial charge < -0.3 is 20.3 Å². The maximum atomic E-state index is 13.0. The predicted octanol–water partition coefficient (Wildman–Crippen LogP) is 4.36. The van der Waals surface area contributed by atoms with Crippen LogP contribution in [0.3, 0.4) is 0 Å². The van der Waals surface area contributed by atoms with Crippen LogP contribution in [0.15, 0.2) is 48.5 Å². The second-order valence-corrected chi connectivity index (χ2v) is 6.35. The van der Waals surface area contributed by atoms with Crippen molar-refractivity contribution in [1.29, 1.82) is 0 Å². The van der Waals surface area contributed by atoms with Crippen LogP contribution in [-0.2, 0) is 4.79 Å². The summed E-state index contributed by atoms with van der Waals surface area (Å²) in [7, 11) is 0. The van der Waals surface area contributed by atoms with Gasteiger partial charge in [-0.25, -0.2) is 9.18 Å². The third-order valence-corrected chi connectivity index (χ3v) is 4.27. The first-order valence-electron chi connectivity index (χ1n) is 8.71. The average molecular weight is 411 g/mol. The molecule has 10 heteroatoms. The summed E-state index contributed by atoms with van der Waals surface area (Å²) < 4.78 is 53.3. The van der Waals surface area contributed by atoms with Gasteiger partial charge in [0.25, 0.3) is 0 Å². The lowest BCUT2D eigenvalue weighted by atomic mass is 10.2. The summed E-state index contributed by atoms with van der Waals surface area (Å²) in [6, 6.07) is 8.70. The van der Waals surface area contributed by atoms with Crippen LogP contribution < -0.4 is 15.4 Å². The largest absolute Gasteiger partial charge is 0.573 e. The van der Waals surface area contributed by atoms with Gasteiger partial charge in [-0.1, -0.05) is 0 Å². The van der Waals surface area contributed by atoms with Crippen LogP contribution in [0.25, 0.3) is 0 Å². The van der Waals surface area contributed by atoms with Gasteiger partial charge in [-0.3, -0.25) is 4.79 Å². The highest BCUT2D eigenvalue weighted by molar-refractivity contribution is 5.99. The van der Waals surface area contributed by atoms with E-state index in [1.54, 1.807) is 0 Å². The van der Waals surface area contributed by atoms with Gasteiger partial charge in [0, 0.05) is 17.9 Å². The molecule has 6 nitrogen and oxygen atoms in total. The lowest BCUT2D eigenvalue weighted by molar-refractivity contribution is -0.274. The Balaban J connectivity index is 1.60. The van der Waals surface area contributed by atoms with Crippen molar-refractivity contribution in [2.45, 2.75) is 25.2 Å². The van der Waals surface area contributed by atoms with Crippen LogP contribution in [0.5, 0.6) is 5.75 Å². The van der Waals surface area contributed by atoms with Crippen molar-refractivity contribution in [2.24, 2.45) is 0 Å². The molecule has 1 saturated heterocycles. The van der Waals surface area contributed by atoms with Crippen LogP contribution in [0.4, 0.5) is 33.7 Å². The maximum absolute atomic E-state index is 13.0. The van der Waals surface area contributed by atoms with Crippen LogP contribution in [-0.4, -0.2) is 35.8 Å². The summed E-state index contributed by atoms with van der Waals surface area (Å²) in [4.78, 5) is 26.4. The van der Waals surface area contributed by atoms with E-state index < -0.39 is 35.9 Å². The minimum Gasteiger partial charge on any atom is -0.406 e. The number of amides is 3. The lowest BCUT2D eigenvalue weighted by Crippen LogP contribution is -2.45. The average Bonchev–Trinajstić information content (AvgIpc) is 3.14. The van der Waals surface area contributed by atoms with Crippen molar-refractivity contribution < 1.29 is 31.9 Å². The molecule has 1 atom stereocenters. The van der Waals surface area contributed by atoms with Crippen LogP contribution in [0.1, 0.15) is 12.8 Å². The first-order chi connectivity index (χ1) is 13.7. The number of hydrogen-bond donors (Lipinski definition) is 2. The summed E-state index contributed by atoms with van der Waals surface area (Å²) in [6.45, 7) is 0.365. The van der Waals surface area contributed by atoms with Gasteiger partial charge >= 0.3 is 12.4 Å². The summed E-state index contributed by atoms with van der Waals surface area (Å²) >= 11 is 0. The van der Waals surface area contributed by atoms with E-state index >= 15 is 0 Å². The molecule has 1 aliphatic rings. The molecule has 0 bridgehead atoms. The minimum atomic E-state index is -4.80. The molecule has 2 aromatic carbocycles. The van der Waals surface area contributed by atoms with Gasteiger partial charge in [-0.05, 0) is 61.4 Å². The van der Waals surface area contributed by atoms with E-state index in [9.17, 15) is 27.2 Å². The van der Waals surface area contributed by atoms with E-state index in [2.05, 4.69) is 15.4 Å². The second kappa shape index (κ2) is 8.38. The van der Waals surface area contributed by atoms with Gasteiger partial charge in [0.2, 0.25) is 5.91 Å². The fraction of sp³-hybridized carbons (Fsp3) is 0.263. The number of nitrogens with one attached hydrogen (secondary N) is 2. The summed E-state index contributed by atoms with van der Waals surface area (Å²) in [5, 5.41) is 5.19. The van der Waals surface area contributed by atoms with Crippen LogP contribution in [0, 0.1) is 5.82 Å². The third-order valence-electron chi connectivity index (χ3n) is 4.27. The number of anilines is 2. The van der Waals surface area contributed by atoms with Crippen molar-refractivity contribution >= 4 is 23.3 Å². The number of urea groups is 1. The molecule has 0 spiro atoms. The van der Waals surface area contributed by atoms with Crippen molar-refractivity contribution in [3.8, 4) is 5.75 Å². The molecule has 2 aromatic rings. The van der Waals surface area contributed by atoms with E-state index in [4.69, 9.17) is 0 Å². The topological polar surface area (TPSA) is 70.7 Å². The number of benzene rings is 2. The highest BCUT2D eigenvalue weighted by Crippen LogP contribution is 2.25. The Morgan fingerprint density at radius 2 is 1.55 bits per heavy atom. The number of halogens is 4. The SMILES string of the molecule is O=C(Nc1ccc(OC(F)(F)F)cc1)C1CCCN1C(=O)Nc1ccc(F)cc1. The number of rotatable bonds is 4. The normalized spacial score (nSPS) is 16.4. The summed E-state index contributed by atoms with van der Waals surface area (Å²) in [6.07, 6.45) is -3.74. The fourth-order valence-electron chi connectivity index (χ4n) is 2.98. The molecular formula is C19H17F4N3O3. The van der Waals surface area contributed by atoms with Crippen LogP contribution in [0.2, 0.25) is 0 Å². The molecular weight excluding hydrogens is 394 g/mol. The first-order valence-corrected chi connectivity index (χ1v) is 8.71. The Labute approximate surface area is 163 Å². The molecule has 29 heavy (non-hydrogen) atoms. The van der Waals surface area contributed by atoms with Gasteiger partial charge in [-0.15, -0.1) is 13.2 Å². The number of carbonyl (C=O) groups is 2. The van der Waals surface area contributed by atoms with E-state index in [0.717, 1.165) is 12.1 Å². The lowest BCUT2D eigenvalue weighted by Gasteiger charge is -2.24. The zero-order valence-corrected chi connectivity index (χ0v) is 15.0. The third kappa shape index (κ3) is 5.59. The molecule has 0 aromatic heterocycles. The zero-order valence-electron chi connectivity index (χ0n) is 15.0. The molecule has 0 aliphatic carbocycles. The smallest absolute Gasteiger partial charge is 0.406 e. The standard InChI is InChI=1S/C19H17F4N3O3/c20-12-3-5-14(6-4-12)25-18(28)26-11-1-2-16(26)17(27)24-13-7-9-15(10-8-13)29-19(21,22)23/h3-10,16H,1-2,11H2,(H,24,27)(H,25,28). The quantitative estimate of drug-likeness (QED) is 0.735. The monoisotopic (exact) mass is 411 g/mol. The predicted molar refractivity (Wildman–Crippen MR) is 96.9 cm³/mol. The molecule has 154 valence electrons. The van der Waals surface area contributed by atoms with Crippen molar-refractivity contribution in [3.05, 3.63) is 54.3 Å². The Morgan fingerprint density at radius 3 is 2.17 bits per heavy atom. The number of alkyl halides is 3. The molecule has 1 heterocycles. The van der Waals surface area contributed by atoms with Crippen molar-refractivity contribution in [2.75, 3.05) is 17.2 Å². The van der Waals surface area contributed by atoms with Gasteiger partial charge in [0.05, 0.1) is 0 Å². The molecule has 3 rings (SSSR count).